The molecule has 1 amide bonds. The number of hydrogen-bond acceptors (Lipinski definition) is 4. The van der Waals surface area contributed by atoms with E-state index in [0.29, 0.717) is 0 Å². The predicted molar refractivity (Wildman–Crippen MR) is 72.4 cm³/mol. The number of hydrogen-bond donors (Lipinski definition) is 1. The van der Waals surface area contributed by atoms with Gasteiger partial charge < -0.3 is 5.32 Å². The molecule has 1 heterocycles. The number of carbonyl (C=O) groups is 1. The van der Waals surface area contributed by atoms with Crippen LogP contribution in [0.2, 0.25) is 0 Å². The van der Waals surface area contributed by atoms with Gasteiger partial charge in [0.1, 0.15) is 17.6 Å². The van der Waals surface area contributed by atoms with E-state index in [1.807, 2.05) is 24.3 Å². The highest BCUT2D eigenvalue weighted by molar-refractivity contribution is 5.80. The van der Waals surface area contributed by atoms with Crippen LogP contribution in [0.4, 0.5) is 0 Å². The van der Waals surface area contributed by atoms with Crippen molar-refractivity contribution in [2.45, 2.75) is 31.8 Å². The number of nitriles is 1. The maximum absolute atomic E-state index is 12.1. The zero-order valence-electron chi connectivity index (χ0n) is 11.2. The van der Waals surface area contributed by atoms with Crippen LogP contribution in [-0.2, 0) is 11.3 Å². The minimum absolute atomic E-state index is 0.0739. The van der Waals surface area contributed by atoms with Crippen LogP contribution in [0.5, 0.6) is 0 Å². The topological polar surface area (TPSA) is 83.6 Å². The normalized spacial score (nSPS) is 17.4. The molecule has 1 atom stereocenters. The molecule has 2 aromatic rings. The molecule has 0 saturated heterocycles. The highest BCUT2D eigenvalue weighted by Crippen LogP contribution is 2.39. The van der Waals surface area contributed by atoms with E-state index >= 15 is 0 Å². The molecule has 1 aliphatic rings. The summed E-state index contributed by atoms with van der Waals surface area (Å²) >= 11 is 0. The van der Waals surface area contributed by atoms with Gasteiger partial charge in [-0.05, 0) is 37.8 Å². The van der Waals surface area contributed by atoms with Gasteiger partial charge >= 0.3 is 0 Å². The first-order chi connectivity index (χ1) is 9.62. The number of rotatable bonds is 4. The van der Waals surface area contributed by atoms with Crippen LogP contribution in [0, 0.1) is 17.2 Å². The fourth-order valence-corrected chi connectivity index (χ4v) is 2.38. The van der Waals surface area contributed by atoms with Crippen LogP contribution in [-0.4, -0.2) is 26.4 Å². The van der Waals surface area contributed by atoms with Crippen LogP contribution in [0.3, 0.4) is 0 Å². The van der Waals surface area contributed by atoms with Crippen LogP contribution in [0.25, 0.3) is 11.0 Å². The van der Waals surface area contributed by atoms with Gasteiger partial charge in [0.2, 0.25) is 5.91 Å². The van der Waals surface area contributed by atoms with Crippen LogP contribution in [0.15, 0.2) is 24.3 Å². The van der Waals surface area contributed by atoms with E-state index in [0.717, 1.165) is 23.9 Å². The largest absolute Gasteiger partial charge is 0.336 e. The van der Waals surface area contributed by atoms with Crippen LogP contribution in [0.1, 0.15) is 19.8 Å². The van der Waals surface area contributed by atoms with Crippen molar-refractivity contribution in [3.63, 3.8) is 0 Å². The molecule has 0 aliphatic heterocycles. The van der Waals surface area contributed by atoms with Crippen molar-refractivity contribution in [3.05, 3.63) is 24.3 Å². The van der Waals surface area contributed by atoms with Gasteiger partial charge in [-0.25, -0.2) is 4.68 Å². The van der Waals surface area contributed by atoms with Crippen molar-refractivity contribution in [2.24, 2.45) is 5.92 Å². The van der Waals surface area contributed by atoms with Gasteiger partial charge in [-0.1, -0.05) is 17.3 Å². The van der Waals surface area contributed by atoms with E-state index in [1.165, 1.54) is 0 Å². The number of amides is 1. The summed E-state index contributed by atoms with van der Waals surface area (Å²) in [5.74, 6) is 0.0561. The fraction of sp³-hybridized carbons (Fsp3) is 0.429. The van der Waals surface area contributed by atoms with Crippen molar-refractivity contribution in [3.8, 4) is 6.07 Å². The number of carbonyl (C=O) groups excluding carboxylic acids is 1. The molecule has 6 heteroatoms. The molecule has 3 rings (SSSR count). The molecule has 1 aliphatic carbocycles. The van der Waals surface area contributed by atoms with E-state index in [-0.39, 0.29) is 18.4 Å². The summed E-state index contributed by atoms with van der Waals surface area (Å²) in [5, 5.41) is 20.0. The summed E-state index contributed by atoms with van der Waals surface area (Å²) in [6.45, 7) is 1.85. The van der Waals surface area contributed by atoms with Gasteiger partial charge in [0.15, 0.2) is 0 Å². The smallest absolute Gasteiger partial charge is 0.243 e. The third-order valence-corrected chi connectivity index (χ3v) is 3.74. The number of aromatic nitrogens is 3. The van der Waals surface area contributed by atoms with Crippen molar-refractivity contribution in [1.29, 1.82) is 5.26 Å². The van der Waals surface area contributed by atoms with Crippen molar-refractivity contribution in [2.75, 3.05) is 0 Å². The Hall–Kier alpha value is -2.42. The molecule has 6 nitrogen and oxygen atoms in total. The average Bonchev–Trinajstić information content (AvgIpc) is 3.23. The summed E-state index contributed by atoms with van der Waals surface area (Å²) in [5.41, 5.74) is 0.797. The van der Waals surface area contributed by atoms with Crippen molar-refractivity contribution < 1.29 is 4.79 Å². The van der Waals surface area contributed by atoms with Crippen LogP contribution < -0.4 is 5.32 Å². The SMILES string of the molecule is C[C@](C#N)(NC(=O)Cn1nnc2ccccc21)C1CC1. The molecule has 1 aromatic carbocycles. The molecule has 102 valence electrons. The Morgan fingerprint density at radius 3 is 3.00 bits per heavy atom. The summed E-state index contributed by atoms with van der Waals surface area (Å²) in [6.07, 6.45) is 1.99. The number of nitrogens with zero attached hydrogens (tertiary/aromatic N) is 4. The zero-order chi connectivity index (χ0) is 14.2. The Kier molecular flexibility index (Phi) is 2.90. The standard InChI is InChI=1S/C14H15N5O/c1-14(9-15,10-6-7-10)16-13(20)8-19-12-5-3-2-4-11(12)17-18-19/h2-5,10H,6-8H2,1H3,(H,16,20)/t14-/m1/s1. The summed E-state index contributed by atoms with van der Waals surface area (Å²) in [4.78, 5) is 12.1. The van der Waals surface area contributed by atoms with Gasteiger partial charge in [-0.15, -0.1) is 5.10 Å². The van der Waals surface area contributed by atoms with Crippen molar-refractivity contribution in [1.82, 2.24) is 20.3 Å². The molecule has 0 unspecified atom stereocenters. The minimum atomic E-state index is -0.770. The molecule has 1 N–H and O–H groups in total. The molecule has 0 radical (unpaired) electrons. The average molecular weight is 269 g/mol. The third-order valence-electron chi connectivity index (χ3n) is 3.74. The maximum Gasteiger partial charge on any atom is 0.243 e. The number of nitrogens with one attached hydrogen (secondary N) is 1. The Morgan fingerprint density at radius 1 is 1.55 bits per heavy atom. The Balaban J connectivity index is 1.75. The summed E-state index contributed by atoms with van der Waals surface area (Å²) in [6, 6.07) is 9.68. The number of para-hydroxylation sites is 1. The summed E-state index contributed by atoms with van der Waals surface area (Å²) < 4.78 is 1.55. The van der Waals surface area contributed by atoms with Gasteiger partial charge in [-0.2, -0.15) is 5.26 Å². The van der Waals surface area contributed by atoms with Gasteiger partial charge in [-0.3, -0.25) is 4.79 Å². The van der Waals surface area contributed by atoms with Gasteiger partial charge in [0.25, 0.3) is 0 Å². The second kappa shape index (κ2) is 4.60. The third kappa shape index (κ3) is 2.23. The van der Waals surface area contributed by atoms with E-state index in [2.05, 4.69) is 21.7 Å². The highest BCUT2D eigenvalue weighted by Gasteiger charge is 2.43. The molecular weight excluding hydrogens is 254 g/mol. The van der Waals surface area contributed by atoms with E-state index in [9.17, 15) is 10.1 Å². The molecular formula is C14H15N5O. The first kappa shape index (κ1) is 12.6. The van der Waals surface area contributed by atoms with Crippen LogP contribution >= 0.6 is 0 Å². The number of fused-ring (bicyclic) bond motifs is 1. The first-order valence-corrected chi connectivity index (χ1v) is 6.63. The molecule has 1 aromatic heterocycles. The summed E-state index contributed by atoms with van der Waals surface area (Å²) in [7, 11) is 0. The van der Waals surface area contributed by atoms with E-state index < -0.39 is 5.54 Å². The maximum atomic E-state index is 12.1. The quantitative estimate of drug-likeness (QED) is 0.905. The lowest BCUT2D eigenvalue weighted by molar-refractivity contribution is -0.123. The predicted octanol–water partition coefficient (Wildman–Crippen LogP) is 1.24. The molecule has 1 fully saturated rings. The Labute approximate surface area is 116 Å². The van der Waals surface area contributed by atoms with Crippen molar-refractivity contribution >= 4 is 16.9 Å². The lowest BCUT2D eigenvalue weighted by atomic mass is 9.98. The lowest BCUT2D eigenvalue weighted by Crippen LogP contribution is -2.47. The van der Waals surface area contributed by atoms with E-state index in [4.69, 9.17) is 0 Å². The first-order valence-electron chi connectivity index (χ1n) is 6.63. The van der Waals surface area contributed by atoms with Gasteiger partial charge in [0, 0.05) is 0 Å². The van der Waals surface area contributed by atoms with E-state index in [1.54, 1.807) is 11.6 Å². The lowest BCUT2D eigenvalue weighted by Gasteiger charge is -2.22. The monoisotopic (exact) mass is 269 g/mol. The fourth-order valence-electron chi connectivity index (χ4n) is 2.38. The molecule has 20 heavy (non-hydrogen) atoms. The zero-order valence-corrected chi connectivity index (χ0v) is 11.2. The Morgan fingerprint density at radius 2 is 2.30 bits per heavy atom. The minimum Gasteiger partial charge on any atom is -0.336 e. The van der Waals surface area contributed by atoms with Gasteiger partial charge in [0.05, 0.1) is 11.6 Å². The molecule has 0 spiro atoms. The molecule has 1 saturated carbocycles. The number of benzene rings is 1. The second-order valence-electron chi connectivity index (χ2n) is 5.37. The highest BCUT2D eigenvalue weighted by atomic mass is 16.2. The molecule has 0 bridgehead atoms. The second-order valence-corrected chi connectivity index (χ2v) is 5.37. The Bertz CT molecular complexity index is 697.